The smallest absolute Gasteiger partial charge is 0.278 e. The maximum absolute atomic E-state index is 13.6. The number of aromatic nitrogens is 2. The summed E-state index contributed by atoms with van der Waals surface area (Å²) >= 11 is 6.09. The van der Waals surface area contributed by atoms with E-state index in [-0.39, 0.29) is 36.0 Å². The van der Waals surface area contributed by atoms with Crippen LogP contribution in [0.1, 0.15) is 46.6 Å². The summed E-state index contributed by atoms with van der Waals surface area (Å²) in [6.07, 6.45) is -1.10. The summed E-state index contributed by atoms with van der Waals surface area (Å²) in [4.78, 5) is 20.1. The highest BCUT2D eigenvalue weighted by molar-refractivity contribution is 7.59. The third-order valence-electron chi connectivity index (χ3n) is 5.95. The van der Waals surface area contributed by atoms with Gasteiger partial charge in [0, 0.05) is 28.9 Å². The fourth-order valence-electron chi connectivity index (χ4n) is 4.22. The number of halogens is 3. The third-order valence-corrected chi connectivity index (χ3v) is 6.27. The molecule has 5 rings (SSSR count). The van der Waals surface area contributed by atoms with Gasteiger partial charge in [-0.15, -0.1) is 0 Å². The molecule has 0 saturated heterocycles. The highest BCUT2D eigenvalue weighted by atomic mass is 35.5. The molecule has 0 spiro atoms. The van der Waals surface area contributed by atoms with E-state index < -0.39 is 6.43 Å². The number of aliphatic imine (C=N–C) groups is 1. The molecular weight excluding hydrogens is 502 g/mol. The summed E-state index contributed by atoms with van der Waals surface area (Å²) in [6.45, 7) is 2.26. The van der Waals surface area contributed by atoms with Gasteiger partial charge in [-0.1, -0.05) is 72.3 Å². The first kappa shape index (κ1) is 25.6. The number of benzene rings is 3. The van der Waals surface area contributed by atoms with Crippen LogP contribution in [0.15, 0.2) is 90.1 Å². The molecule has 1 amide bonds. The van der Waals surface area contributed by atoms with Gasteiger partial charge in [-0.3, -0.25) is 9.48 Å². The number of amides is 1. The van der Waals surface area contributed by atoms with Gasteiger partial charge in [0.15, 0.2) is 5.69 Å². The van der Waals surface area contributed by atoms with Crippen molar-refractivity contribution < 1.29 is 13.6 Å². The van der Waals surface area contributed by atoms with E-state index >= 15 is 0 Å². The molecule has 1 aliphatic heterocycles. The number of hydrogen-bond acceptors (Lipinski definition) is 3. The molecule has 3 aromatic carbocycles. The van der Waals surface area contributed by atoms with Crippen LogP contribution < -0.4 is 4.90 Å². The monoisotopic (exact) mass is 524 g/mol. The Hall–Kier alpha value is -3.49. The zero-order chi connectivity index (χ0) is 24.5. The zero-order valence-corrected chi connectivity index (χ0v) is 21.0. The number of carbonyl (C=O) groups excluding carboxylic acids is 1. The number of rotatable bonds is 5. The van der Waals surface area contributed by atoms with Gasteiger partial charge in [-0.25, -0.2) is 13.8 Å². The van der Waals surface area contributed by atoms with E-state index in [9.17, 15) is 13.6 Å². The second kappa shape index (κ2) is 10.6. The van der Waals surface area contributed by atoms with Gasteiger partial charge < -0.3 is 4.90 Å². The average molecular weight is 525 g/mol. The highest BCUT2D eigenvalue weighted by Gasteiger charge is 2.34. The molecule has 184 valence electrons. The number of hydrogen-bond donors (Lipinski definition) is 0. The highest BCUT2D eigenvalue weighted by Crippen LogP contribution is 2.35. The Bertz CT molecular complexity index is 1370. The minimum Gasteiger partial charge on any atom is -0.305 e. The van der Waals surface area contributed by atoms with Gasteiger partial charge in [-0.05, 0) is 25.1 Å². The number of carbonyl (C=O) groups is 1. The first-order chi connectivity index (χ1) is 16.9. The van der Waals surface area contributed by atoms with Crippen LogP contribution in [0.3, 0.4) is 0 Å². The minimum absolute atomic E-state index is 0. The molecule has 1 atom stereocenters. The van der Waals surface area contributed by atoms with E-state index in [2.05, 4.69) is 5.10 Å². The Morgan fingerprint density at radius 2 is 1.64 bits per heavy atom. The molecule has 4 aromatic rings. The maximum atomic E-state index is 13.6. The lowest BCUT2D eigenvalue weighted by molar-refractivity contribution is 0.0954. The quantitative estimate of drug-likeness (QED) is 0.264. The van der Waals surface area contributed by atoms with Crippen molar-refractivity contribution in [3.63, 3.8) is 0 Å². The molecular formula is C27H23ClF2N4OS. The van der Waals surface area contributed by atoms with Crippen molar-refractivity contribution in [3.8, 4) is 0 Å². The third kappa shape index (κ3) is 4.79. The summed E-state index contributed by atoms with van der Waals surface area (Å²) in [7, 11) is 0. The van der Waals surface area contributed by atoms with E-state index in [1.54, 1.807) is 10.9 Å². The van der Waals surface area contributed by atoms with Crippen LogP contribution in [0, 0.1) is 0 Å². The topological polar surface area (TPSA) is 50.5 Å². The zero-order valence-electron chi connectivity index (χ0n) is 19.3. The van der Waals surface area contributed by atoms with E-state index in [0.717, 1.165) is 11.1 Å². The molecule has 0 saturated carbocycles. The largest absolute Gasteiger partial charge is 0.305 e. The molecule has 0 radical (unpaired) electrons. The van der Waals surface area contributed by atoms with Crippen LogP contribution in [-0.4, -0.2) is 27.9 Å². The van der Waals surface area contributed by atoms with Crippen LogP contribution in [0.25, 0.3) is 0 Å². The number of alkyl halides is 2. The SMILES string of the molecule is C[C@H]1CN(c2ccc(C(F)F)c(Cl)c2)C(=O)c2c(N=C(c3ccccc3)c3ccccc3)cnn21.S. The van der Waals surface area contributed by atoms with Crippen molar-refractivity contribution in [2.75, 3.05) is 11.4 Å². The fourth-order valence-corrected chi connectivity index (χ4v) is 4.48. The van der Waals surface area contributed by atoms with E-state index in [1.807, 2.05) is 67.6 Å². The molecule has 0 bridgehead atoms. The van der Waals surface area contributed by atoms with Crippen molar-refractivity contribution in [2.45, 2.75) is 19.4 Å². The second-order valence-electron chi connectivity index (χ2n) is 8.29. The van der Waals surface area contributed by atoms with Crippen molar-refractivity contribution in [3.05, 3.63) is 112 Å². The Morgan fingerprint density at radius 3 is 2.19 bits per heavy atom. The number of nitrogens with zero attached hydrogens (tertiary/aromatic N) is 4. The van der Waals surface area contributed by atoms with Gasteiger partial charge in [0.2, 0.25) is 0 Å². The Balaban J connectivity index is 0.00000304. The van der Waals surface area contributed by atoms with Crippen molar-refractivity contribution >= 4 is 48.1 Å². The average Bonchev–Trinajstić information content (AvgIpc) is 3.30. The molecule has 2 heterocycles. The van der Waals surface area contributed by atoms with Crippen LogP contribution in [0.2, 0.25) is 5.02 Å². The molecule has 0 fully saturated rings. The predicted molar refractivity (Wildman–Crippen MR) is 144 cm³/mol. The Morgan fingerprint density at radius 1 is 1.03 bits per heavy atom. The molecule has 1 aromatic heterocycles. The van der Waals surface area contributed by atoms with Crippen molar-refractivity contribution in [1.29, 1.82) is 0 Å². The Labute approximate surface area is 219 Å². The van der Waals surface area contributed by atoms with Gasteiger partial charge >= 0.3 is 0 Å². The number of anilines is 1. The molecule has 0 unspecified atom stereocenters. The molecule has 9 heteroatoms. The summed E-state index contributed by atoms with van der Waals surface area (Å²) in [5, 5.41) is 4.37. The Kier molecular flexibility index (Phi) is 7.56. The van der Waals surface area contributed by atoms with Gasteiger partial charge in [0.05, 0.1) is 23.0 Å². The van der Waals surface area contributed by atoms with Crippen molar-refractivity contribution in [2.24, 2.45) is 4.99 Å². The van der Waals surface area contributed by atoms with Crippen LogP contribution in [0.4, 0.5) is 20.2 Å². The predicted octanol–water partition coefficient (Wildman–Crippen LogP) is 6.98. The first-order valence-electron chi connectivity index (χ1n) is 11.1. The fraction of sp³-hybridized carbons (Fsp3) is 0.148. The van der Waals surface area contributed by atoms with E-state index in [1.165, 1.54) is 23.1 Å². The molecule has 36 heavy (non-hydrogen) atoms. The van der Waals surface area contributed by atoms with E-state index in [0.29, 0.717) is 29.3 Å². The lowest BCUT2D eigenvalue weighted by Crippen LogP contribution is -2.42. The molecule has 0 N–H and O–H groups in total. The van der Waals surface area contributed by atoms with Crippen LogP contribution in [-0.2, 0) is 0 Å². The van der Waals surface area contributed by atoms with Crippen LogP contribution in [0.5, 0.6) is 0 Å². The first-order valence-corrected chi connectivity index (χ1v) is 11.5. The second-order valence-corrected chi connectivity index (χ2v) is 8.69. The van der Waals surface area contributed by atoms with Crippen LogP contribution >= 0.6 is 25.1 Å². The maximum Gasteiger partial charge on any atom is 0.278 e. The normalized spacial score (nSPS) is 14.9. The summed E-state index contributed by atoms with van der Waals surface area (Å²) < 4.78 is 28.0. The summed E-state index contributed by atoms with van der Waals surface area (Å²) in [5.74, 6) is -0.319. The minimum atomic E-state index is -2.69. The van der Waals surface area contributed by atoms with Gasteiger partial charge in [-0.2, -0.15) is 18.6 Å². The van der Waals surface area contributed by atoms with Gasteiger partial charge in [0.1, 0.15) is 5.69 Å². The molecule has 5 nitrogen and oxygen atoms in total. The van der Waals surface area contributed by atoms with E-state index in [4.69, 9.17) is 16.6 Å². The summed E-state index contributed by atoms with van der Waals surface area (Å²) in [5.41, 5.74) is 3.47. The van der Waals surface area contributed by atoms with Crippen molar-refractivity contribution in [1.82, 2.24) is 9.78 Å². The lowest BCUT2D eigenvalue weighted by atomic mass is 10.0. The standard InChI is InChI=1S/C27H21ClF2N4O.H2S/c1-17-16-33(20-12-13-21(26(29)30)22(28)14-20)27(35)25-23(15-31-34(17)25)32-24(18-8-4-2-5-9-18)19-10-6-3-7-11-19;/h2-15,17,26H,16H2,1H3;1H2/t17-;/m0./s1. The molecule has 0 aliphatic carbocycles. The number of fused-ring (bicyclic) bond motifs is 1. The summed E-state index contributed by atoms with van der Waals surface area (Å²) in [6, 6.07) is 23.5. The molecule has 1 aliphatic rings. The van der Waals surface area contributed by atoms with Gasteiger partial charge in [0.25, 0.3) is 12.3 Å². The lowest BCUT2D eigenvalue weighted by Gasteiger charge is -2.32.